The minimum Gasteiger partial charge on any atom is -0.394 e. The molecule has 730 valence electrons. The zero-order valence-corrected chi connectivity index (χ0v) is 77.4. The second-order valence-corrected chi connectivity index (χ2v) is 35.4. The molecule has 0 radical (unpaired) electrons. The van der Waals surface area contributed by atoms with E-state index in [-0.39, 0.29) is 88.8 Å². The number of primary amides is 3. The largest absolute Gasteiger partial charge is 0.394 e. The number of hydrogen-bond donors (Lipinski definition) is 21. The number of fused-ring (bicyclic) bond motifs is 4. The number of likely N-dealkylation sites (N-methyl/N-ethyl adjacent to an activating group) is 3. The third kappa shape index (κ3) is 29.3. The van der Waals surface area contributed by atoms with E-state index in [1.807, 2.05) is 13.8 Å². The number of carbonyl (C=O) groups is 18. The van der Waals surface area contributed by atoms with Crippen LogP contribution in [0, 0.1) is 11.3 Å². The Bertz CT molecular complexity index is 5070. The number of hydrogen-bond acceptors (Lipinski definition) is 23. The number of benzene rings is 3. The van der Waals surface area contributed by atoms with Crippen LogP contribution in [0.5, 0.6) is 0 Å². The lowest BCUT2D eigenvalue weighted by atomic mass is 10.00. The molecule has 45 heteroatoms. The number of aliphatic hydroxyl groups excluding tert-OH is 2. The van der Waals surface area contributed by atoms with Crippen molar-refractivity contribution in [2.75, 3.05) is 72.0 Å². The van der Waals surface area contributed by atoms with Crippen LogP contribution in [0.4, 0.5) is 0 Å². The topological polar surface area (TPSA) is 682 Å². The van der Waals surface area contributed by atoms with Gasteiger partial charge in [0.25, 0.3) is 0 Å². The number of nitrogens with zero attached hydrogens (tertiary/aromatic N) is 5. The number of thioether (sulfide) groups is 1. The van der Waals surface area contributed by atoms with E-state index in [9.17, 15) is 63.0 Å². The van der Waals surface area contributed by atoms with Gasteiger partial charge in [0.15, 0.2) is 5.96 Å². The molecule has 3 aliphatic rings. The van der Waals surface area contributed by atoms with Crippen molar-refractivity contribution in [3.63, 3.8) is 0 Å². The van der Waals surface area contributed by atoms with Crippen molar-refractivity contribution in [1.82, 2.24) is 93.0 Å². The lowest BCUT2D eigenvalue weighted by Crippen LogP contribution is -2.62. The number of unbranched alkanes of at least 4 members (excludes halogenated alkanes) is 2. The number of aliphatic hydroxyl groups is 2. The van der Waals surface area contributed by atoms with E-state index in [2.05, 4.69) is 68.5 Å². The minimum atomic E-state index is -1.89. The van der Waals surface area contributed by atoms with Gasteiger partial charge in [-0.3, -0.25) is 91.7 Å². The summed E-state index contributed by atoms with van der Waals surface area (Å²) in [6.07, 6.45) is 1.11. The van der Waals surface area contributed by atoms with Crippen LogP contribution < -0.4 is 87.2 Å². The maximum Gasteiger partial charge on any atom is 0.248 e. The number of nitrogens with one attached hydrogen (secondary N) is 14. The summed E-state index contributed by atoms with van der Waals surface area (Å²) in [5, 5.41) is 60.3. The van der Waals surface area contributed by atoms with Gasteiger partial charge in [0.05, 0.1) is 31.4 Å². The highest BCUT2D eigenvalue weighted by molar-refractivity contribution is 8.00. The Morgan fingerprint density at radius 2 is 1.06 bits per heavy atom. The third-order valence-electron chi connectivity index (χ3n) is 23.9. The van der Waals surface area contributed by atoms with Crippen LogP contribution >= 0.6 is 11.8 Å². The molecule has 18 amide bonds. The van der Waals surface area contributed by atoms with Gasteiger partial charge in [0.2, 0.25) is 106 Å². The Labute approximate surface area is 779 Å². The maximum absolute atomic E-state index is 15.7. The summed E-state index contributed by atoms with van der Waals surface area (Å²) in [7, 11) is 3.87. The van der Waals surface area contributed by atoms with Crippen molar-refractivity contribution < 1.29 is 96.5 Å². The van der Waals surface area contributed by atoms with Crippen molar-refractivity contribution in [1.29, 1.82) is 5.41 Å². The molecule has 0 spiro atoms. The second kappa shape index (κ2) is 50.5. The quantitative estimate of drug-likeness (QED) is 0.0141. The van der Waals surface area contributed by atoms with Crippen molar-refractivity contribution in [2.45, 2.75) is 228 Å². The van der Waals surface area contributed by atoms with E-state index >= 15 is 33.6 Å². The predicted octanol–water partition coefficient (Wildman–Crippen LogP) is -4.54. The van der Waals surface area contributed by atoms with Gasteiger partial charge in [-0.15, -0.1) is 11.8 Å². The molecule has 15 atom stereocenters. The fourth-order valence-corrected chi connectivity index (χ4v) is 17.2. The monoisotopic (exact) mass is 1880 g/mol. The molecule has 3 aliphatic heterocycles. The molecule has 8 rings (SSSR count). The summed E-state index contributed by atoms with van der Waals surface area (Å²) in [5.74, 6) is -19.0. The Morgan fingerprint density at radius 1 is 0.537 bits per heavy atom. The van der Waals surface area contributed by atoms with Gasteiger partial charge in [-0.25, -0.2) is 0 Å². The molecule has 5 aromatic rings. The fraction of sp³-hybridized carbons (Fsp3) is 0.539. The smallest absolute Gasteiger partial charge is 0.248 e. The first-order chi connectivity index (χ1) is 63.7. The molecular weight excluding hydrogens is 1760 g/mol. The van der Waals surface area contributed by atoms with E-state index in [1.165, 1.54) is 52.3 Å². The molecule has 44 nitrogen and oxygen atoms in total. The third-order valence-corrected chi connectivity index (χ3v) is 24.9. The predicted molar refractivity (Wildman–Crippen MR) is 493 cm³/mol. The number of carbonyl (C=O) groups excluding carboxylic acids is 18. The van der Waals surface area contributed by atoms with Crippen LogP contribution in [0.3, 0.4) is 0 Å². The van der Waals surface area contributed by atoms with Gasteiger partial charge < -0.3 is 132 Å². The zero-order valence-electron chi connectivity index (χ0n) is 76.6. The van der Waals surface area contributed by atoms with Crippen LogP contribution in [-0.4, -0.2) is 320 Å². The molecule has 0 bridgehead atoms. The van der Waals surface area contributed by atoms with Crippen molar-refractivity contribution >= 4 is 146 Å². The number of nitrogens with two attached hydrogens (primary N) is 5. The van der Waals surface area contributed by atoms with Crippen molar-refractivity contribution in [2.24, 2.45) is 34.6 Å². The van der Waals surface area contributed by atoms with Gasteiger partial charge in [-0.05, 0) is 98.7 Å². The van der Waals surface area contributed by atoms with E-state index in [4.69, 9.17) is 34.1 Å². The SMILES string of the molecule is CCCC[C@H]1C(=O)N(C)[C@@H](CCCC)C(=O)N[C@@H](CCCNC(=N)N)C(=O)N[C@H](C(=O)NCC(N)=O)CSCC(=O)N[C@@H](Cc2ccc(C(N)=O)cc2)C(=O)N(C)[C@@H](C)C(=O)N[C@@H](CC(N)=O)C(=O)N2CCC[C@H]2C(=O)N[C@@H](CN)C(=O)N[C@@H](CC(C)C)C(=O)N2C[C@H](O)CC2C(=O)N[C@@H](Cc2c[nH]c3ccccc23)C(=O)N[C@@H](CO)C(=O)N[C@@H](Cc2c[nH]c3ccccc23)C(=O)N1C. The minimum absolute atomic E-state index is 0.0174. The number of amides is 18. The molecular formula is C89H128N24O20S. The van der Waals surface area contributed by atoms with Crippen LogP contribution in [0.15, 0.2) is 85.2 Å². The highest BCUT2D eigenvalue weighted by atomic mass is 32.2. The molecule has 1 unspecified atom stereocenters. The molecule has 134 heavy (non-hydrogen) atoms. The molecule has 3 saturated heterocycles. The average Bonchev–Trinajstić information content (AvgIpc) is 1.62. The summed E-state index contributed by atoms with van der Waals surface area (Å²) >= 11 is 0.744. The number of H-pyrrole nitrogens is 2. The summed E-state index contributed by atoms with van der Waals surface area (Å²) in [6, 6.07) is -2.43. The summed E-state index contributed by atoms with van der Waals surface area (Å²) in [6.45, 7) is 5.31. The van der Waals surface area contributed by atoms with E-state index < -0.39 is 254 Å². The van der Waals surface area contributed by atoms with Crippen LogP contribution in [0.1, 0.15) is 145 Å². The van der Waals surface area contributed by atoms with E-state index in [0.29, 0.717) is 64.2 Å². The Hall–Kier alpha value is -13.3. The number of aromatic amines is 2. The number of aromatic nitrogens is 2. The van der Waals surface area contributed by atoms with Crippen molar-refractivity contribution in [3.05, 3.63) is 107 Å². The van der Waals surface area contributed by atoms with Gasteiger partial charge in [0, 0.05) is 119 Å². The second-order valence-electron chi connectivity index (χ2n) is 34.3. The van der Waals surface area contributed by atoms with Crippen LogP contribution in [0.25, 0.3) is 21.8 Å². The molecule has 5 heterocycles. The Morgan fingerprint density at radius 3 is 1.65 bits per heavy atom. The summed E-state index contributed by atoms with van der Waals surface area (Å²) < 4.78 is 0. The van der Waals surface area contributed by atoms with Crippen molar-refractivity contribution in [3.8, 4) is 0 Å². The highest BCUT2D eigenvalue weighted by Gasteiger charge is 2.47. The van der Waals surface area contributed by atoms with Crippen LogP contribution in [-0.2, 0) is 101 Å². The molecule has 26 N–H and O–H groups in total. The van der Waals surface area contributed by atoms with Gasteiger partial charge in [-0.1, -0.05) is 102 Å². The maximum atomic E-state index is 15.7. The number of rotatable bonds is 26. The zero-order chi connectivity index (χ0) is 98.5. The average molecular weight is 1890 g/mol. The standard InChI is InChI=1S/C89H128N24O20S/c1-9-11-24-67-81(126)101-58(23-17-31-96-89(94)95)77(122)108-66(76(121)99-42-72(92)117)45-134-46-73(118)100-61(34-49-27-29-50(30-28-49)74(93)119)84(129)109(6)48(5)75(120)103-63(38-71(91)116)86(131)112-32-18-26-68(112)82(127)106-64(39-90)79(124)104-60(33-47(3)4)87(132)113-43-53(115)37-70(113)83(128)102-59(35-51-40-97-56-21-15-13-19-54(51)56)78(123)107-65(44-114)80(125)105-62(36-52-41-98-57-22-16-14-20-55(52)57)85(130)111(8)69(25-12-10-2)88(133)110(67)7/h13-16,19-22,27-30,40-41,47-48,53,58-70,97-98,114-115H,9-12,17-18,23-26,31-39,42-46,90H2,1-8H3,(H2,91,116)(H2,92,117)(H2,93,119)(H,99,121)(H,100,118)(H,101,126)(H,102,128)(H,103,120)(H,104,124)(H,105,125)(H,106,127)(H,107,123)(H,108,122)(H4,94,95,96)/t48-,53+,58-,59-,60-,61-,62-,63-,64-,65-,66-,67-,68-,69-,70?/m0/s1. The van der Waals surface area contributed by atoms with Gasteiger partial charge in [-0.2, -0.15) is 0 Å². The molecule has 3 fully saturated rings. The van der Waals surface area contributed by atoms with Gasteiger partial charge >= 0.3 is 0 Å². The molecule has 3 aromatic carbocycles. The lowest BCUT2D eigenvalue weighted by Gasteiger charge is -2.36. The van der Waals surface area contributed by atoms with E-state index in [0.717, 1.165) is 36.3 Å². The summed E-state index contributed by atoms with van der Waals surface area (Å²) in [4.78, 5) is 273. The van der Waals surface area contributed by atoms with Crippen LogP contribution in [0.2, 0.25) is 0 Å². The first kappa shape index (κ1) is 106. The number of guanidine groups is 1. The first-order valence-corrected chi connectivity index (χ1v) is 46.0. The summed E-state index contributed by atoms with van der Waals surface area (Å²) in [5.41, 5.74) is 31.1. The van der Waals surface area contributed by atoms with Gasteiger partial charge in [0.1, 0.15) is 84.6 Å². The Kier molecular flexibility index (Phi) is 40.0. The fourth-order valence-electron chi connectivity index (χ4n) is 16.4. The molecule has 0 saturated carbocycles. The molecule has 2 aromatic heterocycles. The first-order valence-electron chi connectivity index (χ1n) is 44.8. The van der Waals surface area contributed by atoms with E-state index in [1.54, 1.807) is 74.8 Å². The normalized spacial score (nSPS) is 24.8. The Balaban J connectivity index is 1.19. The highest BCUT2D eigenvalue weighted by Crippen LogP contribution is 2.28. The number of para-hydroxylation sites is 2. The molecule has 0 aliphatic carbocycles. The lowest BCUT2D eigenvalue weighted by molar-refractivity contribution is -0.149.